The van der Waals surface area contributed by atoms with Crippen molar-refractivity contribution in [3.8, 4) is 0 Å². The van der Waals surface area contributed by atoms with Crippen molar-refractivity contribution in [2.75, 3.05) is 6.54 Å². The second kappa shape index (κ2) is 6.37. The van der Waals surface area contributed by atoms with Gasteiger partial charge in [-0.05, 0) is 55.5 Å². The molecule has 0 spiro atoms. The van der Waals surface area contributed by atoms with Gasteiger partial charge in [0.15, 0.2) is 0 Å². The third-order valence-electron chi connectivity index (χ3n) is 2.57. The van der Waals surface area contributed by atoms with Crippen LogP contribution in [0.4, 0.5) is 0 Å². The van der Waals surface area contributed by atoms with Gasteiger partial charge in [-0.1, -0.05) is 30.1 Å². The van der Waals surface area contributed by atoms with Gasteiger partial charge in [0.25, 0.3) is 0 Å². The van der Waals surface area contributed by atoms with Crippen LogP contribution >= 0.6 is 23.2 Å². The molecule has 1 aromatic carbocycles. The molecule has 0 fully saturated rings. The number of halogens is 2. The highest BCUT2D eigenvalue weighted by molar-refractivity contribution is 6.33. The molecular weight excluding hydrogens is 229 g/mol. The molecule has 0 bridgehead atoms. The van der Waals surface area contributed by atoms with E-state index in [-0.39, 0.29) is 0 Å². The molecule has 0 heterocycles. The second-order valence-corrected chi connectivity index (χ2v) is 4.80. The Morgan fingerprint density at radius 1 is 1.27 bits per heavy atom. The van der Waals surface area contributed by atoms with Crippen molar-refractivity contribution in [2.45, 2.75) is 26.2 Å². The Morgan fingerprint density at radius 2 is 2.00 bits per heavy atom. The summed E-state index contributed by atoms with van der Waals surface area (Å²) in [6, 6.07) is 5.61. The number of hydrogen-bond donors (Lipinski definition) is 1. The minimum absolute atomic E-state index is 0.644. The number of rotatable bonds is 5. The minimum Gasteiger partial charge on any atom is -0.330 e. The van der Waals surface area contributed by atoms with Crippen LogP contribution in [-0.4, -0.2) is 6.54 Å². The fourth-order valence-electron chi connectivity index (χ4n) is 1.57. The maximum Gasteiger partial charge on any atom is 0.0439 e. The van der Waals surface area contributed by atoms with E-state index in [0.717, 1.165) is 41.4 Å². The average Bonchev–Trinajstić information content (AvgIpc) is 2.20. The Bertz CT molecular complexity index is 312. The van der Waals surface area contributed by atoms with E-state index in [1.807, 2.05) is 18.2 Å². The molecule has 1 aromatic rings. The van der Waals surface area contributed by atoms with Crippen molar-refractivity contribution < 1.29 is 0 Å². The maximum absolute atomic E-state index is 6.07. The normalized spacial score (nSPS) is 12.8. The lowest BCUT2D eigenvalue weighted by Crippen LogP contribution is -2.06. The molecule has 0 aliphatic rings. The summed E-state index contributed by atoms with van der Waals surface area (Å²) in [5, 5.41) is 1.56. The molecule has 1 atom stereocenters. The van der Waals surface area contributed by atoms with E-state index >= 15 is 0 Å². The lowest BCUT2D eigenvalue weighted by atomic mass is 9.98. The van der Waals surface area contributed by atoms with Crippen LogP contribution in [0.15, 0.2) is 18.2 Å². The monoisotopic (exact) mass is 245 g/mol. The van der Waals surface area contributed by atoms with Gasteiger partial charge in [-0.25, -0.2) is 0 Å². The first-order valence-corrected chi connectivity index (χ1v) is 6.03. The SMILES string of the molecule is CC(CCN)CCc1cc(Cl)ccc1Cl. The fraction of sp³-hybridized carbons (Fsp3) is 0.500. The summed E-state index contributed by atoms with van der Waals surface area (Å²) < 4.78 is 0. The van der Waals surface area contributed by atoms with E-state index in [1.165, 1.54) is 0 Å². The number of aryl methyl sites for hydroxylation is 1. The van der Waals surface area contributed by atoms with Gasteiger partial charge in [0, 0.05) is 10.0 Å². The van der Waals surface area contributed by atoms with Crippen LogP contribution in [0, 0.1) is 5.92 Å². The highest BCUT2D eigenvalue weighted by Gasteiger charge is 2.05. The van der Waals surface area contributed by atoms with Crippen molar-refractivity contribution >= 4 is 23.2 Å². The zero-order valence-electron chi connectivity index (χ0n) is 8.97. The average molecular weight is 246 g/mol. The van der Waals surface area contributed by atoms with Crippen LogP contribution in [0.5, 0.6) is 0 Å². The fourth-order valence-corrected chi connectivity index (χ4v) is 1.97. The molecule has 1 unspecified atom stereocenters. The molecule has 0 aromatic heterocycles. The predicted molar refractivity (Wildman–Crippen MR) is 67.6 cm³/mol. The quantitative estimate of drug-likeness (QED) is 0.837. The van der Waals surface area contributed by atoms with Gasteiger partial charge in [0.05, 0.1) is 0 Å². The summed E-state index contributed by atoms with van der Waals surface area (Å²) in [4.78, 5) is 0. The Kier molecular flexibility index (Phi) is 5.44. The van der Waals surface area contributed by atoms with Crippen LogP contribution in [0.1, 0.15) is 25.3 Å². The van der Waals surface area contributed by atoms with E-state index in [1.54, 1.807) is 0 Å². The smallest absolute Gasteiger partial charge is 0.0439 e. The van der Waals surface area contributed by atoms with Crippen molar-refractivity contribution in [3.63, 3.8) is 0 Å². The summed E-state index contributed by atoms with van der Waals surface area (Å²) in [7, 11) is 0. The minimum atomic E-state index is 0.644. The highest BCUT2D eigenvalue weighted by Crippen LogP contribution is 2.23. The molecule has 0 aliphatic heterocycles. The van der Waals surface area contributed by atoms with Crippen LogP contribution in [0.2, 0.25) is 10.0 Å². The Labute approximate surface area is 102 Å². The first-order valence-electron chi connectivity index (χ1n) is 5.27. The molecule has 1 nitrogen and oxygen atoms in total. The van der Waals surface area contributed by atoms with Crippen LogP contribution in [0.25, 0.3) is 0 Å². The predicted octanol–water partition coefficient (Wildman–Crippen LogP) is 3.91. The molecule has 0 radical (unpaired) electrons. The Hall–Kier alpha value is -0.240. The van der Waals surface area contributed by atoms with Gasteiger partial charge in [-0.3, -0.25) is 0 Å². The summed E-state index contributed by atoms with van der Waals surface area (Å²) in [5.74, 6) is 0.644. The summed E-state index contributed by atoms with van der Waals surface area (Å²) in [5.41, 5.74) is 6.64. The van der Waals surface area contributed by atoms with E-state index in [9.17, 15) is 0 Å². The van der Waals surface area contributed by atoms with Gasteiger partial charge in [0.2, 0.25) is 0 Å². The van der Waals surface area contributed by atoms with Crippen molar-refractivity contribution in [1.82, 2.24) is 0 Å². The summed E-state index contributed by atoms with van der Waals surface area (Å²) in [6.07, 6.45) is 3.15. The number of nitrogens with two attached hydrogens (primary N) is 1. The van der Waals surface area contributed by atoms with Gasteiger partial charge in [-0.2, -0.15) is 0 Å². The standard InChI is InChI=1S/C12H17Cl2N/c1-9(6-7-15)2-3-10-8-11(13)4-5-12(10)14/h4-5,8-9H,2-3,6-7,15H2,1H3. The van der Waals surface area contributed by atoms with Crippen molar-refractivity contribution in [1.29, 1.82) is 0 Å². The summed E-state index contributed by atoms with van der Waals surface area (Å²) in [6.45, 7) is 2.97. The first kappa shape index (κ1) is 12.8. The molecule has 3 heteroatoms. The lowest BCUT2D eigenvalue weighted by Gasteiger charge is -2.10. The van der Waals surface area contributed by atoms with Crippen molar-refractivity contribution in [3.05, 3.63) is 33.8 Å². The van der Waals surface area contributed by atoms with Gasteiger partial charge in [-0.15, -0.1) is 0 Å². The van der Waals surface area contributed by atoms with Crippen molar-refractivity contribution in [2.24, 2.45) is 11.7 Å². The van der Waals surface area contributed by atoms with Gasteiger partial charge >= 0.3 is 0 Å². The largest absolute Gasteiger partial charge is 0.330 e. The molecule has 2 N–H and O–H groups in total. The second-order valence-electron chi connectivity index (χ2n) is 3.96. The van der Waals surface area contributed by atoms with E-state index in [4.69, 9.17) is 28.9 Å². The van der Waals surface area contributed by atoms with E-state index in [0.29, 0.717) is 5.92 Å². The van der Waals surface area contributed by atoms with Gasteiger partial charge in [0.1, 0.15) is 0 Å². The molecule has 1 rings (SSSR count). The zero-order valence-corrected chi connectivity index (χ0v) is 10.5. The molecule has 15 heavy (non-hydrogen) atoms. The maximum atomic E-state index is 6.07. The third-order valence-corrected chi connectivity index (χ3v) is 3.18. The van der Waals surface area contributed by atoms with Crippen LogP contribution in [0.3, 0.4) is 0 Å². The van der Waals surface area contributed by atoms with E-state index < -0.39 is 0 Å². The molecular formula is C12H17Cl2N. The Morgan fingerprint density at radius 3 is 2.67 bits per heavy atom. The molecule has 0 saturated carbocycles. The summed E-state index contributed by atoms with van der Waals surface area (Å²) >= 11 is 12.0. The molecule has 0 aliphatic carbocycles. The third kappa shape index (κ3) is 4.42. The highest BCUT2D eigenvalue weighted by atomic mass is 35.5. The van der Waals surface area contributed by atoms with E-state index in [2.05, 4.69) is 6.92 Å². The zero-order chi connectivity index (χ0) is 11.3. The van der Waals surface area contributed by atoms with Crippen LogP contribution in [-0.2, 0) is 6.42 Å². The molecule has 84 valence electrons. The molecule has 0 saturated heterocycles. The first-order chi connectivity index (χ1) is 7.13. The topological polar surface area (TPSA) is 26.0 Å². The lowest BCUT2D eigenvalue weighted by molar-refractivity contribution is 0.500. The number of hydrogen-bond acceptors (Lipinski definition) is 1. The number of benzene rings is 1. The van der Waals surface area contributed by atoms with Crippen LogP contribution < -0.4 is 5.73 Å². The Balaban J connectivity index is 2.53. The molecule has 0 amide bonds. The van der Waals surface area contributed by atoms with Gasteiger partial charge < -0.3 is 5.73 Å².